The molecule has 82 valence electrons. The van der Waals surface area contributed by atoms with Crippen LogP contribution >= 0.6 is 15.9 Å². The van der Waals surface area contributed by atoms with Gasteiger partial charge in [-0.3, -0.25) is 0 Å². The van der Waals surface area contributed by atoms with Crippen molar-refractivity contribution in [2.24, 2.45) is 11.1 Å². The number of hydrogen-bond acceptors (Lipinski definition) is 1. The maximum Gasteiger partial charge on any atom is 0.0178 e. The van der Waals surface area contributed by atoms with Crippen molar-refractivity contribution in [3.05, 3.63) is 34.3 Å². The molecule has 0 heterocycles. The maximum absolute atomic E-state index is 5.96. The lowest BCUT2D eigenvalue weighted by atomic mass is 9.52. The Labute approximate surface area is 100 Å². The first-order valence-corrected chi connectivity index (χ1v) is 6.23. The van der Waals surface area contributed by atoms with Crippen LogP contribution < -0.4 is 5.73 Å². The Balaban J connectivity index is 2.29. The van der Waals surface area contributed by atoms with E-state index < -0.39 is 0 Å². The predicted octanol–water partition coefficient (Wildman–Crippen LogP) is 3.47. The zero-order valence-electron chi connectivity index (χ0n) is 9.39. The highest BCUT2D eigenvalue weighted by Crippen LogP contribution is 2.54. The monoisotopic (exact) mass is 267 g/mol. The molecule has 1 aliphatic rings. The third kappa shape index (κ3) is 1.98. The van der Waals surface area contributed by atoms with E-state index in [2.05, 4.69) is 54.0 Å². The van der Waals surface area contributed by atoms with E-state index >= 15 is 0 Å². The van der Waals surface area contributed by atoms with Crippen molar-refractivity contribution in [1.29, 1.82) is 0 Å². The molecule has 0 amide bonds. The molecule has 0 radical (unpaired) electrons. The fourth-order valence-electron chi connectivity index (χ4n) is 3.06. The summed E-state index contributed by atoms with van der Waals surface area (Å²) in [4.78, 5) is 0. The molecule has 0 unspecified atom stereocenters. The maximum atomic E-state index is 5.96. The van der Waals surface area contributed by atoms with Crippen LogP contribution in [0.3, 0.4) is 0 Å². The molecule has 1 aromatic rings. The molecule has 2 heteroatoms. The molecule has 0 aromatic heterocycles. The van der Waals surface area contributed by atoms with Gasteiger partial charge < -0.3 is 5.73 Å². The molecule has 0 aliphatic heterocycles. The highest BCUT2D eigenvalue weighted by molar-refractivity contribution is 9.10. The molecule has 2 rings (SSSR count). The van der Waals surface area contributed by atoms with Crippen LogP contribution in [-0.4, -0.2) is 6.54 Å². The summed E-state index contributed by atoms with van der Waals surface area (Å²) in [6.45, 7) is 5.39. The molecular weight excluding hydrogens is 250 g/mol. The van der Waals surface area contributed by atoms with Crippen molar-refractivity contribution < 1.29 is 0 Å². The molecule has 2 N–H and O–H groups in total. The minimum absolute atomic E-state index is 0.229. The Morgan fingerprint density at radius 3 is 2.47 bits per heavy atom. The second-order valence-electron chi connectivity index (χ2n) is 5.51. The van der Waals surface area contributed by atoms with Gasteiger partial charge >= 0.3 is 0 Å². The lowest BCUT2D eigenvalue weighted by Crippen LogP contribution is -2.51. The second kappa shape index (κ2) is 3.60. The van der Waals surface area contributed by atoms with E-state index in [1.165, 1.54) is 18.4 Å². The standard InChI is InChI=1S/C13H18BrN/c1-12(2)7-13(8-12,9-15)10-4-3-5-11(14)6-10/h3-6H,7-9,15H2,1-2H3. The molecule has 0 bridgehead atoms. The Morgan fingerprint density at radius 1 is 1.33 bits per heavy atom. The quantitative estimate of drug-likeness (QED) is 0.873. The topological polar surface area (TPSA) is 26.0 Å². The summed E-state index contributed by atoms with van der Waals surface area (Å²) in [6.07, 6.45) is 2.40. The molecule has 1 nitrogen and oxygen atoms in total. The minimum atomic E-state index is 0.229. The van der Waals surface area contributed by atoms with E-state index in [1.54, 1.807) is 0 Å². The van der Waals surface area contributed by atoms with Crippen LogP contribution in [0.4, 0.5) is 0 Å². The fourth-order valence-corrected chi connectivity index (χ4v) is 3.46. The Kier molecular flexibility index (Phi) is 2.68. The van der Waals surface area contributed by atoms with E-state index in [9.17, 15) is 0 Å². The van der Waals surface area contributed by atoms with Crippen LogP contribution in [0.25, 0.3) is 0 Å². The Hall–Kier alpha value is -0.340. The highest BCUT2D eigenvalue weighted by atomic mass is 79.9. The zero-order valence-corrected chi connectivity index (χ0v) is 11.0. The predicted molar refractivity (Wildman–Crippen MR) is 67.9 cm³/mol. The Morgan fingerprint density at radius 2 is 2.00 bits per heavy atom. The molecule has 0 spiro atoms. The summed E-state index contributed by atoms with van der Waals surface area (Å²) >= 11 is 3.52. The van der Waals surface area contributed by atoms with Gasteiger partial charge in [0.15, 0.2) is 0 Å². The van der Waals surface area contributed by atoms with Crippen molar-refractivity contribution in [3.8, 4) is 0 Å². The lowest BCUT2D eigenvalue weighted by molar-refractivity contribution is 0.0634. The van der Waals surface area contributed by atoms with Crippen LogP contribution in [-0.2, 0) is 5.41 Å². The molecule has 1 saturated carbocycles. The van der Waals surface area contributed by atoms with Gasteiger partial charge in [-0.2, -0.15) is 0 Å². The van der Waals surface area contributed by atoms with Crippen LogP contribution in [0.5, 0.6) is 0 Å². The van der Waals surface area contributed by atoms with Crippen molar-refractivity contribution in [3.63, 3.8) is 0 Å². The third-order valence-corrected chi connectivity index (χ3v) is 3.95. The number of rotatable bonds is 2. The lowest BCUT2D eigenvalue weighted by Gasteiger charge is -2.53. The molecule has 1 fully saturated rings. The summed E-state index contributed by atoms with van der Waals surface area (Å²) in [5, 5.41) is 0. The summed E-state index contributed by atoms with van der Waals surface area (Å²) in [5.41, 5.74) is 8.03. The zero-order chi connectivity index (χ0) is 11.1. The highest BCUT2D eigenvalue weighted by Gasteiger charge is 2.49. The van der Waals surface area contributed by atoms with Gasteiger partial charge in [-0.25, -0.2) is 0 Å². The second-order valence-corrected chi connectivity index (χ2v) is 6.43. The SMILES string of the molecule is CC1(C)CC(CN)(c2cccc(Br)c2)C1. The van der Waals surface area contributed by atoms with Crippen molar-refractivity contribution in [1.82, 2.24) is 0 Å². The van der Waals surface area contributed by atoms with Gasteiger partial charge in [0.1, 0.15) is 0 Å². The first-order chi connectivity index (χ1) is 6.97. The summed E-state index contributed by atoms with van der Waals surface area (Å²) in [7, 11) is 0. The van der Waals surface area contributed by atoms with Crippen LogP contribution in [0, 0.1) is 5.41 Å². The van der Waals surface area contributed by atoms with Gasteiger partial charge in [0.25, 0.3) is 0 Å². The van der Waals surface area contributed by atoms with Crippen LogP contribution in [0.2, 0.25) is 0 Å². The molecule has 0 saturated heterocycles. The largest absolute Gasteiger partial charge is 0.330 e. The van der Waals surface area contributed by atoms with E-state index in [4.69, 9.17) is 5.73 Å². The van der Waals surface area contributed by atoms with Gasteiger partial charge in [-0.05, 0) is 36.0 Å². The number of hydrogen-bond donors (Lipinski definition) is 1. The Bertz CT molecular complexity index is 363. The average Bonchev–Trinajstić information content (AvgIpc) is 2.13. The van der Waals surface area contributed by atoms with Gasteiger partial charge in [0, 0.05) is 16.4 Å². The number of nitrogens with two attached hydrogens (primary N) is 1. The normalized spacial score (nSPS) is 22.1. The van der Waals surface area contributed by atoms with Crippen molar-refractivity contribution in [2.45, 2.75) is 32.1 Å². The average molecular weight is 268 g/mol. The molecule has 1 aromatic carbocycles. The summed E-state index contributed by atoms with van der Waals surface area (Å²) in [5.74, 6) is 0. The van der Waals surface area contributed by atoms with E-state index in [1.807, 2.05) is 0 Å². The van der Waals surface area contributed by atoms with Gasteiger partial charge in [0.2, 0.25) is 0 Å². The number of benzene rings is 1. The number of halogens is 1. The van der Waals surface area contributed by atoms with E-state index in [0.717, 1.165) is 11.0 Å². The van der Waals surface area contributed by atoms with Gasteiger partial charge in [-0.15, -0.1) is 0 Å². The molecule has 1 aliphatic carbocycles. The van der Waals surface area contributed by atoms with Gasteiger partial charge in [0.05, 0.1) is 0 Å². The van der Waals surface area contributed by atoms with E-state index in [-0.39, 0.29) is 5.41 Å². The molecule has 15 heavy (non-hydrogen) atoms. The first kappa shape index (κ1) is 11.2. The van der Waals surface area contributed by atoms with Gasteiger partial charge in [-0.1, -0.05) is 41.9 Å². The fraction of sp³-hybridized carbons (Fsp3) is 0.538. The van der Waals surface area contributed by atoms with Crippen molar-refractivity contribution >= 4 is 15.9 Å². The molecule has 0 atom stereocenters. The minimum Gasteiger partial charge on any atom is -0.330 e. The van der Waals surface area contributed by atoms with Crippen LogP contribution in [0.1, 0.15) is 32.3 Å². The third-order valence-electron chi connectivity index (χ3n) is 3.46. The van der Waals surface area contributed by atoms with Crippen LogP contribution in [0.15, 0.2) is 28.7 Å². The summed E-state index contributed by atoms with van der Waals surface area (Å²) in [6, 6.07) is 8.58. The summed E-state index contributed by atoms with van der Waals surface area (Å²) < 4.78 is 1.15. The van der Waals surface area contributed by atoms with Crippen molar-refractivity contribution in [2.75, 3.05) is 6.54 Å². The van der Waals surface area contributed by atoms with E-state index in [0.29, 0.717) is 5.41 Å². The first-order valence-electron chi connectivity index (χ1n) is 5.44. The molecular formula is C13H18BrN. The smallest absolute Gasteiger partial charge is 0.0178 e.